The summed E-state index contributed by atoms with van der Waals surface area (Å²) in [6.45, 7) is 6.18. The minimum Gasteiger partial charge on any atom is -0.469 e. The average Bonchev–Trinajstić information content (AvgIpc) is 2.88. The first-order chi connectivity index (χ1) is 8.86. The number of amides is 1. The molecule has 0 saturated heterocycles. The Balaban J connectivity index is 2.46. The molecular formula is C13H16N2O3S. The summed E-state index contributed by atoms with van der Waals surface area (Å²) in [5.41, 5.74) is 0.756. The Hall–Kier alpha value is -1.82. The number of hydrogen-bond acceptors (Lipinski definition) is 3. The zero-order valence-corrected chi connectivity index (χ0v) is 11.9. The van der Waals surface area contributed by atoms with Gasteiger partial charge in [0.05, 0.1) is 6.26 Å². The lowest BCUT2D eigenvalue weighted by atomic mass is 10.1. The highest BCUT2D eigenvalue weighted by atomic mass is 32.1. The number of aromatic nitrogens is 1. The van der Waals surface area contributed by atoms with Gasteiger partial charge in [-0.2, -0.15) is 4.99 Å². The molecule has 5 nitrogen and oxygen atoms in total. The van der Waals surface area contributed by atoms with Gasteiger partial charge < -0.3 is 9.52 Å². The summed E-state index contributed by atoms with van der Waals surface area (Å²) >= 11 is 1.34. The summed E-state index contributed by atoms with van der Waals surface area (Å²) in [4.78, 5) is 14.4. The summed E-state index contributed by atoms with van der Waals surface area (Å²) in [6, 6.07) is 3.68. The van der Waals surface area contributed by atoms with Gasteiger partial charge in [0, 0.05) is 23.7 Å². The second-order valence-electron chi connectivity index (χ2n) is 5.20. The van der Waals surface area contributed by atoms with Crippen LogP contribution < -0.4 is 4.67 Å². The molecule has 0 unspecified atom stereocenters. The first-order valence-electron chi connectivity index (χ1n) is 5.88. The van der Waals surface area contributed by atoms with E-state index in [-0.39, 0.29) is 5.54 Å². The van der Waals surface area contributed by atoms with Gasteiger partial charge in [0.2, 0.25) is 0 Å². The van der Waals surface area contributed by atoms with Crippen molar-refractivity contribution in [2.75, 3.05) is 0 Å². The van der Waals surface area contributed by atoms with Crippen molar-refractivity contribution in [3.8, 4) is 0 Å². The fourth-order valence-corrected chi connectivity index (χ4v) is 2.61. The van der Waals surface area contributed by atoms with Crippen LogP contribution in [0.3, 0.4) is 0 Å². The van der Waals surface area contributed by atoms with E-state index in [0.29, 0.717) is 11.1 Å². The van der Waals surface area contributed by atoms with E-state index in [2.05, 4.69) is 25.8 Å². The van der Waals surface area contributed by atoms with E-state index < -0.39 is 6.09 Å². The zero-order chi connectivity index (χ0) is 14.0. The monoisotopic (exact) mass is 280 g/mol. The van der Waals surface area contributed by atoms with E-state index in [9.17, 15) is 4.79 Å². The Morgan fingerprint density at radius 2 is 2.26 bits per heavy atom. The number of nitrogens with zero attached hydrogens (tertiary/aromatic N) is 2. The van der Waals surface area contributed by atoms with E-state index in [1.807, 2.05) is 22.3 Å². The van der Waals surface area contributed by atoms with Crippen LogP contribution in [0.2, 0.25) is 0 Å². The molecule has 102 valence electrons. The van der Waals surface area contributed by atoms with Crippen molar-refractivity contribution in [3.63, 3.8) is 0 Å². The summed E-state index contributed by atoms with van der Waals surface area (Å²) in [5, 5.41) is 8.84. The second-order valence-corrected chi connectivity index (χ2v) is 6.16. The van der Waals surface area contributed by atoms with Crippen molar-refractivity contribution < 1.29 is 14.3 Å². The second kappa shape index (κ2) is 5.05. The third kappa shape index (κ3) is 3.35. The fraction of sp³-hybridized carbons (Fsp3) is 0.385. The van der Waals surface area contributed by atoms with E-state index in [4.69, 9.17) is 9.52 Å². The number of carbonyl (C=O) groups is 1. The van der Waals surface area contributed by atoms with Crippen LogP contribution in [0.15, 0.2) is 34.0 Å². The molecule has 0 aliphatic rings. The molecule has 0 aromatic carbocycles. The summed E-state index contributed by atoms with van der Waals surface area (Å²) in [7, 11) is 0. The normalized spacial score (nSPS) is 12.9. The Morgan fingerprint density at radius 1 is 1.53 bits per heavy atom. The van der Waals surface area contributed by atoms with Gasteiger partial charge in [-0.05, 0) is 44.4 Å². The molecule has 2 heterocycles. The predicted octanol–water partition coefficient (Wildman–Crippen LogP) is 3.07. The zero-order valence-electron chi connectivity index (χ0n) is 11.1. The molecule has 6 heteroatoms. The van der Waals surface area contributed by atoms with Gasteiger partial charge in [0.15, 0.2) is 0 Å². The Kier molecular flexibility index (Phi) is 3.61. The average molecular weight is 280 g/mol. The van der Waals surface area contributed by atoms with Gasteiger partial charge in [-0.25, -0.2) is 4.79 Å². The van der Waals surface area contributed by atoms with Gasteiger partial charge >= 0.3 is 6.09 Å². The first-order valence-corrected chi connectivity index (χ1v) is 6.66. The molecule has 0 bridgehead atoms. The lowest BCUT2D eigenvalue weighted by Crippen LogP contribution is -2.18. The van der Waals surface area contributed by atoms with E-state index in [0.717, 1.165) is 11.3 Å². The third-order valence-electron chi connectivity index (χ3n) is 2.54. The molecule has 0 fully saturated rings. The molecule has 19 heavy (non-hydrogen) atoms. The van der Waals surface area contributed by atoms with Gasteiger partial charge in [0.25, 0.3) is 0 Å². The van der Waals surface area contributed by atoms with E-state index in [1.54, 1.807) is 6.26 Å². The molecule has 0 spiro atoms. The van der Waals surface area contributed by atoms with Crippen molar-refractivity contribution in [3.05, 3.63) is 40.6 Å². The van der Waals surface area contributed by atoms with Crippen molar-refractivity contribution in [1.29, 1.82) is 0 Å². The molecular weight excluding hydrogens is 264 g/mol. The quantitative estimate of drug-likeness (QED) is 0.919. The van der Waals surface area contributed by atoms with Crippen LogP contribution in [0.25, 0.3) is 0 Å². The molecule has 2 aromatic rings. The minimum absolute atomic E-state index is 0.102. The first kappa shape index (κ1) is 13.6. The lowest BCUT2D eigenvalue weighted by Gasteiger charge is -2.19. The molecule has 1 amide bonds. The van der Waals surface area contributed by atoms with Gasteiger partial charge in [0.1, 0.15) is 10.4 Å². The van der Waals surface area contributed by atoms with Crippen molar-refractivity contribution >= 4 is 17.6 Å². The third-order valence-corrected chi connectivity index (χ3v) is 3.91. The number of carboxylic acid groups (broad SMARTS) is 1. The van der Waals surface area contributed by atoms with Crippen LogP contribution in [0.1, 0.15) is 32.1 Å². The van der Waals surface area contributed by atoms with Gasteiger partial charge in [-0.15, -0.1) is 0 Å². The van der Waals surface area contributed by atoms with Crippen LogP contribution in [0.5, 0.6) is 0 Å². The minimum atomic E-state index is -1.18. The maximum atomic E-state index is 10.8. The topological polar surface area (TPSA) is 67.7 Å². The maximum Gasteiger partial charge on any atom is 0.432 e. The number of furan rings is 1. The van der Waals surface area contributed by atoms with Crippen LogP contribution in [-0.4, -0.2) is 15.2 Å². The largest absolute Gasteiger partial charge is 0.469 e. The predicted molar refractivity (Wildman–Crippen MR) is 72.4 cm³/mol. The van der Waals surface area contributed by atoms with Crippen LogP contribution >= 0.6 is 11.5 Å². The van der Waals surface area contributed by atoms with Crippen molar-refractivity contribution in [2.45, 2.75) is 32.7 Å². The molecule has 1 N–H and O–H groups in total. The lowest BCUT2D eigenvalue weighted by molar-refractivity contribution is 0.205. The summed E-state index contributed by atoms with van der Waals surface area (Å²) < 4.78 is 7.82. The van der Waals surface area contributed by atoms with Crippen molar-refractivity contribution in [2.24, 2.45) is 4.99 Å². The molecule has 0 radical (unpaired) electrons. The Labute approximate surface area is 115 Å². The highest BCUT2D eigenvalue weighted by molar-refractivity contribution is 7.04. The highest BCUT2D eigenvalue weighted by Crippen LogP contribution is 2.18. The molecule has 0 aliphatic carbocycles. The van der Waals surface area contributed by atoms with Gasteiger partial charge in [-0.1, -0.05) is 0 Å². The maximum absolute atomic E-state index is 10.8. The molecule has 0 saturated carbocycles. The van der Waals surface area contributed by atoms with Crippen LogP contribution in [0.4, 0.5) is 4.79 Å². The fourth-order valence-electron chi connectivity index (χ4n) is 1.61. The smallest absolute Gasteiger partial charge is 0.432 e. The standard InChI is InChI=1S/C13H16N2O3S/c1-13(2,3)15-8-9(7-10-5-4-6-18-10)11(19-15)14-12(16)17/h4-6,8H,7H2,1-3H3,(H,16,17). The number of rotatable bonds is 2. The highest BCUT2D eigenvalue weighted by Gasteiger charge is 2.16. The van der Waals surface area contributed by atoms with E-state index in [1.165, 1.54) is 11.5 Å². The van der Waals surface area contributed by atoms with Crippen LogP contribution in [-0.2, 0) is 12.0 Å². The van der Waals surface area contributed by atoms with E-state index >= 15 is 0 Å². The summed E-state index contributed by atoms with van der Waals surface area (Å²) in [6.07, 6.45) is 2.91. The molecule has 2 rings (SSSR count). The molecule has 2 aromatic heterocycles. The molecule has 0 atom stereocenters. The molecule has 0 aliphatic heterocycles. The Morgan fingerprint density at radius 3 is 2.79 bits per heavy atom. The van der Waals surface area contributed by atoms with Gasteiger partial charge in [-0.3, -0.25) is 3.96 Å². The number of hydrogen-bond donors (Lipinski definition) is 1. The van der Waals surface area contributed by atoms with Crippen molar-refractivity contribution in [1.82, 2.24) is 3.96 Å². The SMILES string of the molecule is CC(C)(C)n1cc(Cc2ccco2)c(=NC(=O)O)s1. The van der Waals surface area contributed by atoms with Crippen LogP contribution in [0, 0.1) is 0 Å². The Bertz CT molecular complexity index is 630. The summed E-state index contributed by atoms with van der Waals surface area (Å²) in [5.74, 6) is 0.792.